The molecule has 23 heavy (non-hydrogen) atoms. The van der Waals surface area contributed by atoms with Crippen molar-refractivity contribution in [3.05, 3.63) is 35.1 Å². The molecule has 1 rings (SSSR count). The molecule has 0 saturated heterocycles. The molecule has 2 N–H and O–H groups in total. The zero-order chi connectivity index (χ0) is 17.2. The van der Waals surface area contributed by atoms with Crippen LogP contribution in [0.1, 0.15) is 11.1 Å². The molecular weight excluding hydrogens is 315 g/mol. The summed E-state index contributed by atoms with van der Waals surface area (Å²) in [5.41, 5.74) is 1.53. The van der Waals surface area contributed by atoms with Crippen LogP contribution in [0.5, 0.6) is 0 Å². The summed E-state index contributed by atoms with van der Waals surface area (Å²) in [6.07, 6.45) is 2.03. The second kappa shape index (κ2) is 10.1. The molecule has 0 aliphatic carbocycles. The summed E-state index contributed by atoms with van der Waals surface area (Å²) in [5.74, 6) is 1.28. The third-order valence-corrected chi connectivity index (χ3v) is 3.76. The fraction of sp³-hybridized carbons (Fsp3) is 0.500. The van der Waals surface area contributed by atoms with Gasteiger partial charge in [-0.3, -0.25) is 4.79 Å². The molecule has 128 valence electrons. The highest BCUT2D eigenvalue weighted by Gasteiger charge is 2.06. The van der Waals surface area contributed by atoms with Crippen molar-refractivity contribution >= 4 is 23.6 Å². The van der Waals surface area contributed by atoms with Gasteiger partial charge in [0.05, 0.1) is 13.1 Å². The summed E-state index contributed by atoms with van der Waals surface area (Å²) in [6.45, 7) is 3.09. The van der Waals surface area contributed by atoms with Gasteiger partial charge in [-0.1, -0.05) is 12.1 Å². The minimum atomic E-state index is -0.217. The predicted octanol–water partition coefficient (Wildman–Crippen LogP) is 1.62. The van der Waals surface area contributed by atoms with Crippen LogP contribution in [0.2, 0.25) is 0 Å². The van der Waals surface area contributed by atoms with Crippen molar-refractivity contribution in [1.29, 1.82) is 0 Å². The number of nitrogens with one attached hydrogen (secondary N) is 2. The van der Waals surface area contributed by atoms with Crippen molar-refractivity contribution in [3.63, 3.8) is 0 Å². The van der Waals surface area contributed by atoms with Gasteiger partial charge in [-0.2, -0.15) is 11.8 Å². The van der Waals surface area contributed by atoms with Gasteiger partial charge in [0.2, 0.25) is 5.91 Å². The van der Waals surface area contributed by atoms with E-state index in [1.165, 1.54) is 11.0 Å². The quantitative estimate of drug-likeness (QED) is 0.450. The molecule has 0 heterocycles. The third-order valence-electron chi connectivity index (χ3n) is 3.15. The van der Waals surface area contributed by atoms with Gasteiger partial charge in [0.15, 0.2) is 5.96 Å². The number of aryl methyl sites for hydroxylation is 1. The van der Waals surface area contributed by atoms with Crippen LogP contribution in [0.4, 0.5) is 4.39 Å². The zero-order valence-corrected chi connectivity index (χ0v) is 15.0. The molecule has 0 fully saturated rings. The molecule has 0 bridgehead atoms. The Bertz CT molecular complexity index is 549. The van der Waals surface area contributed by atoms with E-state index in [-0.39, 0.29) is 18.3 Å². The van der Waals surface area contributed by atoms with Gasteiger partial charge >= 0.3 is 0 Å². The number of guanidine groups is 1. The molecule has 0 spiro atoms. The van der Waals surface area contributed by atoms with E-state index in [4.69, 9.17) is 0 Å². The molecule has 1 amide bonds. The lowest BCUT2D eigenvalue weighted by molar-refractivity contribution is -0.127. The number of nitrogens with zero attached hydrogens (tertiary/aromatic N) is 2. The van der Waals surface area contributed by atoms with Crippen LogP contribution in [-0.4, -0.2) is 56.0 Å². The maximum atomic E-state index is 13.3. The van der Waals surface area contributed by atoms with Gasteiger partial charge in [0, 0.05) is 26.4 Å². The van der Waals surface area contributed by atoms with Gasteiger partial charge in [-0.05, 0) is 30.4 Å². The van der Waals surface area contributed by atoms with E-state index in [9.17, 15) is 9.18 Å². The Labute approximate surface area is 141 Å². The SMILES string of the molecule is CSCCNC(=NCc1ccc(F)c(C)c1)NCC(=O)N(C)C. The van der Waals surface area contributed by atoms with Crippen molar-refractivity contribution in [1.82, 2.24) is 15.5 Å². The van der Waals surface area contributed by atoms with Crippen molar-refractivity contribution in [2.45, 2.75) is 13.5 Å². The van der Waals surface area contributed by atoms with E-state index in [1.54, 1.807) is 44.9 Å². The Hall–Kier alpha value is -1.76. The van der Waals surface area contributed by atoms with Crippen LogP contribution in [-0.2, 0) is 11.3 Å². The molecule has 0 unspecified atom stereocenters. The topological polar surface area (TPSA) is 56.7 Å². The van der Waals surface area contributed by atoms with Crippen molar-refractivity contribution in [2.24, 2.45) is 4.99 Å². The summed E-state index contributed by atoms with van der Waals surface area (Å²) in [7, 11) is 3.42. The van der Waals surface area contributed by atoms with E-state index in [1.807, 2.05) is 6.26 Å². The van der Waals surface area contributed by atoms with Crippen molar-refractivity contribution in [2.75, 3.05) is 39.2 Å². The summed E-state index contributed by atoms with van der Waals surface area (Å²) in [5, 5.41) is 6.20. The molecule has 0 aliphatic rings. The Balaban J connectivity index is 2.68. The first kappa shape index (κ1) is 19.3. The number of carbonyl (C=O) groups is 1. The molecule has 7 heteroatoms. The molecule has 0 atom stereocenters. The number of hydrogen-bond acceptors (Lipinski definition) is 3. The lowest BCUT2D eigenvalue weighted by atomic mass is 10.1. The normalized spacial score (nSPS) is 11.3. The Morgan fingerprint density at radius 3 is 2.70 bits per heavy atom. The second-order valence-corrected chi connectivity index (χ2v) is 6.30. The molecule has 0 aromatic heterocycles. The standard InChI is InChI=1S/C16H25FN4OS/c1-12-9-13(5-6-14(12)17)10-19-16(18-7-8-23-4)20-11-15(22)21(2)3/h5-6,9H,7-8,10-11H2,1-4H3,(H2,18,19,20). The number of likely N-dealkylation sites (N-methyl/N-ethyl adjacent to an activating group) is 1. The van der Waals surface area contributed by atoms with Crippen molar-refractivity contribution < 1.29 is 9.18 Å². The lowest BCUT2D eigenvalue weighted by Gasteiger charge is -2.14. The van der Waals surface area contributed by atoms with Gasteiger partial charge in [-0.15, -0.1) is 0 Å². The van der Waals surface area contributed by atoms with Crippen LogP contribution in [0.3, 0.4) is 0 Å². The smallest absolute Gasteiger partial charge is 0.241 e. The molecule has 0 aliphatic heterocycles. The van der Waals surface area contributed by atoms with E-state index >= 15 is 0 Å². The fourth-order valence-electron chi connectivity index (χ4n) is 1.74. The lowest BCUT2D eigenvalue weighted by Crippen LogP contribution is -2.43. The number of aliphatic imine (C=N–C) groups is 1. The average Bonchev–Trinajstić information content (AvgIpc) is 2.52. The fourth-order valence-corrected chi connectivity index (χ4v) is 2.04. The predicted molar refractivity (Wildman–Crippen MR) is 95.4 cm³/mol. The highest BCUT2D eigenvalue weighted by molar-refractivity contribution is 7.98. The van der Waals surface area contributed by atoms with Crippen LogP contribution in [0, 0.1) is 12.7 Å². The number of halogens is 1. The number of hydrogen-bond donors (Lipinski definition) is 2. The van der Waals surface area contributed by atoms with Crippen LogP contribution < -0.4 is 10.6 Å². The molecule has 1 aromatic rings. The van der Waals surface area contributed by atoms with Crippen LogP contribution >= 0.6 is 11.8 Å². The van der Waals surface area contributed by atoms with E-state index in [2.05, 4.69) is 15.6 Å². The molecule has 0 radical (unpaired) electrons. The summed E-state index contributed by atoms with van der Waals surface area (Å²) in [4.78, 5) is 17.7. The number of thioether (sulfide) groups is 1. The van der Waals surface area contributed by atoms with E-state index in [0.29, 0.717) is 18.1 Å². The van der Waals surface area contributed by atoms with Gasteiger partial charge in [-0.25, -0.2) is 9.38 Å². The monoisotopic (exact) mass is 340 g/mol. The summed E-state index contributed by atoms with van der Waals surface area (Å²) < 4.78 is 13.3. The number of benzene rings is 1. The minimum absolute atomic E-state index is 0.0259. The van der Waals surface area contributed by atoms with E-state index < -0.39 is 0 Å². The Morgan fingerprint density at radius 1 is 1.35 bits per heavy atom. The number of amides is 1. The average molecular weight is 340 g/mol. The largest absolute Gasteiger partial charge is 0.356 e. The molecule has 5 nitrogen and oxygen atoms in total. The highest BCUT2D eigenvalue weighted by Crippen LogP contribution is 2.09. The first-order valence-corrected chi connectivity index (χ1v) is 8.79. The van der Waals surface area contributed by atoms with Gasteiger partial charge in [0.25, 0.3) is 0 Å². The summed E-state index contributed by atoms with van der Waals surface area (Å²) in [6, 6.07) is 4.95. The van der Waals surface area contributed by atoms with E-state index in [0.717, 1.165) is 17.9 Å². The highest BCUT2D eigenvalue weighted by atomic mass is 32.2. The zero-order valence-electron chi connectivity index (χ0n) is 14.1. The molecule has 1 aromatic carbocycles. The third kappa shape index (κ3) is 7.36. The molecular formula is C16H25FN4OS. The van der Waals surface area contributed by atoms with Crippen LogP contribution in [0.25, 0.3) is 0 Å². The molecule has 0 saturated carbocycles. The summed E-state index contributed by atoms with van der Waals surface area (Å²) >= 11 is 1.73. The Kier molecular flexibility index (Phi) is 8.47. The maximum absolute atomic E-state index is 13.3. The number of rotatable bonds is 7. The second-order valence-electron chi connectivity index (χ2n) is 5.31. The van der Waals surface area contributed by atoms with Gasteiger partial charge < -0.3 is 15.5 Å². The van der Waals surface area contributed by atoms with Crippen molar-refractivity contribution in [3.8, 4) is 0 Å². The minimum Gasteiger partial charge on any atom is -0.356 e. The van der Waals surface area contributed by atoms with Gasteiger partial charge in [0.1, 0.15) is 5.82 Å². The number of carbonyl (C=O) groups excluding carboxylic acids is 1. The first-order valence-electron chi connectivity index (χ1n) is 7.40. The first-order chi connectivity index (χ1) is 10.9. The maximum Gasteiger partial charge on any atom is 0.241 e. The Morgan fingerprint density at radius 2 is 2.09 bits per heavy atom. The van der Waals surface area contributed by atoms with Crippen LogP contribution in [0.15, 0.2) is 23.2 Å².